The average molecular weight is 284 g/mol. The number of hydrogen-bond acceptors (Lipinski definition) is 4. The predicted octanol–water partition coefficient (Wildman–Crippen LogP) is 2.16. The Kier molecular flexibility index (Phi) is 3.53. The van der Waals surface area contributed by atoms with Crippen molar-refractivity contribution < 1.29 is 9.53 Å². The van der Waals surface area contributed by atoms with Gasteiger partial charge in [-0.3, -0.25) is 4.79 Å². The molecule has 1 aliphatic rings. The van der Waals surface area contributed by atoms with Gasteiger partial charge in [0.05, 0.1) is 23.6 Å². The van der Waals surface area contributed by atoms with Gasteiger partial charge in [-0.25, -0.2) is 9.97 Å². The van der Waals surface area contributed by atoms with Crippen molar-refractivity contribution in [2.24, 2.45) is 0 Å². The van der Waals surface area contributed by atoms with Crippen molar-refractivity contribution in [1.29, 1.82) is 0 Å². The van der Waals surface area contributed by atoms with E-state index in [0.717, 1.165) is 0 Å². The molecule has 1 amide bonds. The fourth-order valence-corrected chi connectivity index (χ4v) is 2.61. The third-order valence-corrected chi connectivity index (χ3v) is 3.02. The van der Waals surface area contributed by atoms with Crippen LogP contribution in [0.25, 0.3) is 0 Å². The van der Waals surface area contributed by atoms with E-state index in [1.807, 2.05) is 27.7 Å². The maximum atomic E-state index is 12.4. The molecule has 0 aliphatic carbocycles. The van der Waals surface area contributed by atoms with Crippen LogP contribution in [-0.4, -0.2) is 45.1 Å². The minimum atomic E-state index is -0.378. The number of carbonyl (C=O) groups is 1. The first kappa shape index (κ1) is 14.2. The second kappa shape index (κ2) is 4.72. The number of morpholine rings is 1. The number of hydrogen-bond donors (Lipinski definition) is 0. The lowest BCUT2D eigenvalue weighted by atomic mass is 9.98. The number of carbonyl (C=O) groups excluding carboxylic acids is 1. The van der Waals surface area contributed by atoms with Gasteiger partial charge in [0, 0.05) is 13.1 Å². The van der Waals surface area contributed by atoms with Crippen LogP contribution in [0.15, 0.2) is 12.4 Å². The molecule has 0 aromatic carbocycles. The lowest BCUT2D eigenvalue weighted by molar-refractivity contribution is -0.171. The highest BCUT2D eigenvalue weighted by Gasteiger charge is 2.40. The van der Waals surface area contributed by atoms with Crippen LogP contribution in [0.4, 0.5) is 0 Å². The summed E-state index contributed by atoms with van der Waals surface area (Å²) in [5.74, 6) is -0.145. The van der Waals surface area contributed by atoms with Crippen LogP contribution in [0.2, 0.25) is 5.15 Å². The highest BCUT2D eigenvalue weighted by Crippen LogP contribution is 2.28. The molecule has 0 N–H and O–H groups in total. The zero-order valence-electron chi connectivity index (χ0n) is 11.6. The van der Waals surface area contributed by atoms with Crippen LogP contribution in [0, 0.1) is 0 Å². The predicted molar refractivity (Wildman–Crippen MR) is 72.2 cm³/mol. The Balaban J connectivity index is 2.21. The Morgan fingerprint density at radius 1 is 1.21 bits per heavy atom. The summed E-state index contributed by atoms with van der Waals surface area (Å²) in [5.41, 5.74) is -0.452. The van der Waals surface area contributed by atoms with Crippen molar-refractivity contribution in [3.63, 3.8) is 0 Å². The van der Waals surface area contributed by atoms with Gasteiger partial charge < -0.3 is 9.64 Å². The third kappa shape index (κ3) is 3.42. The molecular formula is C13H18ClN3O2. The van der Waals surface area contributed by atoms with Gasteiger partial charge in [0.2, 0.25) is 0 Å². The number of ether oxygens (including phenoxy) is 1. The molecular weight excluding hydrogens is 266 g/mol. The van der Waals surface area contributed by atoms with Gasteiger partial charge in [0.25, 0.3) is 5.91 Å². The van der Waals surface area contributed by atoms with Crippen LogP contribution < -0.4 is 0 Å². The van der Waals surface area contributed by atoms with Crippen molar-refractivity contribution in [2.45, 2.75) is 38.9 Å². The summed E-state index contributed by atoms with van der Waals surface area (Å²) in [6.45, 7) is 8.95. The minimum absolute atomic E-state index is 0.145. The van der Waals surface area contributed by atoms with E-state index in [9.17, 15) is 4.79 Å². The van der Waals surface area contributed by atoms with Crippen molar-refractivity contribution >= 4 is 17.5 Å². The van der Waals surface area contributed by atoms with E-state index in [-0.39, 0.29) is 22.3 Å². The zero-order chi connectivity index (χ0) is 14.3. The number of halogens is 1. The smallest absolute Gasteiger partial charge is 0.274 e. The van der Waals surface area contributed by atoms with Gasteiger partial charge in [-0.1, -0.05) is 11.6 Å². The standard InChI is InChI=1S/C13H18ClN3O2/c1-12(2)7-17(8-13(3,4)19-12)11(18)9-5-16-10(14)6-15-9/h5-6H,7-8H2,1-4H3. The molecule has 2 rings (SSSR count). The molecule has 104 valence electrons. The summed E-state index contributed by atoms with van der Waals surface area (Å²) in [6, 6.07) is 0. The Morgan fingerprint density at radius 3 is 2.26 bits per heavy atom. The highest BCUT2D eigenvalue weighted by molar-refractivity contribution is 6.29. The molecule has 0 spiro atoms. The Hall–Kier alpha value is -1.20. The van der Waals surface area contributed by atoms with E-state index in [0.29, 0.717) is 18.8 Å². The second-order valence-electron chi connectivity index (χ2n) is 6.01. The first-order valence-corrected chi connectivity index (χ1v) is 6.53. The molecule has 1 aromatic rings. The fourth-order valence-electron chi connectivity index (χ4n) is 2.52. The number of aromatic nitrogens is 2. The molecule has 0 radical (unpaired) electrons. The number of amides is 1. The SMILES string of the molecule is CC1(C)CN(C(=O)c2cnc(Cl)cn2)CC(C)(C)O1. The van der Waals surface area contributed by atoms with E-state index in [4.69, 9.17) is 16.3 Å². The van der Waals surface area contributed by atoms with Crippen molar-refractivity contribution in [2.75, 3.05) is 13.1 Å². The average Bonchev–Trinajstić information content (AvgIpc) is 2.25. The third-order valence-electron chi connectivity index (χ3n) is 2.82. The number of rotatable bonds is 1. The summed E-state index contributed by atoms with van der Waals surface area (Å²) < 4.78 is 5.95. The summed E-state index contributed by atoms with van der Waals surface area (Å²) in [7, 11) is 0. The first-order chi connectivity index (χ1) is 8.69. The minimum Gasteiger partial charge on any atom is -0.366 e. The van der Waals surface area contributed by atoms with Gasteiger partial charge in [-0.05, 0) is 27.7 Å². The lowest BCUT2D eigenvalue weighted by Crippen LogP contribution is -2.58. The Morgan fingerprint density at radius 2 is 1.79 bits per heavy atom. The van der Waals surface area contributed by atoms with Crippen molar-refractivity contribution in [3.05, 3.63) is 23.2 Å². The van der Waals surface area contributed by atoms with Crippen LogP contribution in [0.3, 0.4) is 0 Å². The number of nitrogens with zero attached hydrogens (tertiary/aromatic N) is 3. The molecule has 19 heavy (non-hydrogen) atoms. The maximum Gasteiger partial charge on any atom is 0.274 e. The molecule has 0 atom stereocenters. The van der Waals surface area contributed by atoms with Crippen LogP contribution >= 0.6 is 11.6 Å². The normalized spacial score (nSPS) is 21.2. The summed E-state index contributed by atoms with van der Waals surface area (Å²) in [4.78, 5) is 22.1. The molecule has 5 nitrogen and oxygen atoms in total. The lowest BCUT2D eigenvalue weighted by Gasteiger charge is -2.46. The van der Waals surface area contributed by atoms with Crippen molar-refractivity contribution in [1.82, 2.24) is 14.9 Å². The van der Waals surface area contributed by atoms with Gasteiger partial charge in [-0.2, -0.15) is 0 Å². The Labute approximate surface area is 117 Å². The molecule has 0 bridgehead atoms. The quantitative estimate of drug-likeness (QED) is 0.792. The largest absolute Gasteiger partial charge is 0.366 e. The van der Waals surface area contributed by atoms with E-state index in [1.54, 1.807) is 4.90 Å². The van der Waals surface area contributed by atoms with E-state index in [2.05, 4.69) is 9.97 Å². The molecule has 0 unspecified atom stereocenters. The Bertz CT molecular complexity index is 469. The monoisotopic (exact) mass is 283 g/mol. The van der Waals surface area contributed by atoms with Gasteiger partial charge in [-0.15, -0.1) is 0 Å². The van der Waals surface area contributed by atoms with Gasteiger partial charge in [0.15, 0.2) is 0 Å². The fraction of sp³-hybridized carbons (Fsp3) is 0.615. The highest BCUT2D eigenvalue weighted by atomic mass is 35.5. The van der Waals surface area contributed by atoms with E-state index in [1.165, 1.54) is 12.4 Å². The van der Waals surface area contributed by atoms with Gasteiger partial charge >= 0.3 is 0 Å². The first-order valence-electron chi connectivity index (χ1n) is 6.16. The molecule has 1 saturated heterocycles. The molecule has 2 heterocycles. The van der Waals surface area contributed by atoms with E-state index < -0.39 is 0 Å². The zero-order valence-corrected chi connectivity index (χ0v) is 12.4. The van der Waals surface area contributed by atoms with Gasteiger partial charge in [0.1, 0.15) is 10.8 Å². The molecule has 1 aliphatic heterocycles. The molecule has 0 saturated carbocycles. The summed E-state index contributed by atoms with van der Waals surface area (Å²) in [5, 5.41) is 0.277. The molecule has 1 fully saturated rings. The maximum absolute atomic E-state index is 12.4. The molecule has 6 heteroatoms. The second-order valence-corrected chi connectivity index (χ2v) is 6.39. The van der Waals surface area contributed by atoms with Crippen LogP contribution in [0.1, 0.15) is 38.2 Å². The summed E-state index contributed by atoms with van der Waals surface area (Å²) >= 11 is 5.67. The van der Waals surface area contributed by atoms with Crippen LogP contribution in [-0.2, 0) is 4.74 Å². The summed E-state index contributed by atoms with van der Waals surface area (Å²) in [6.07, 6.45) is 2.78. The molecule has 1 aromatic heterocycles. The topological polar surface area (TPSA) is 55.3 Å². The van der Waals surface area contributed by atoms with E-state index >= 15 is 0 Å². The van der Waals surface area contributed by atoms with Crippen LogP contribution in [0.5, 0.6) is 0 Å². The van der Waals surface area contributed by atoms with Crippen molar-refractivity contribution in [3.8, 4) is 0 Å².